The highest BCUT2D eigenvalue weighted by Crippen LogP contribution is 2.33. The van der Waals surface area contributed by atoms with Crippen LogP contribution in [-0.2, 0) is 10.3 Å². The fourth-order valence-corrected chi connectivity index (χ4v) is 1.74. The van der Waals surface area contributed by atoms with Crippen LogP contribution in [0.25, 0.3) is 0 Å². The van der Waals surface area contributed by atoms with Crippen LogP contribution in [0.3, 0.4) is 0 Å². The van der Waals surface area contributed by atoms with Crippen molar-refractivity contribution in [3.05, 3.63) is 33.3 Å². The molecule has 2 nitrogen and oxygen atoms in total. The lowest BCUT2D eigenvalue weighted by atomic mass is 9.92. The number of aliphatic hydroxyl groups is 1. The van der Waals surface area contributed by atoms with Crippen LogP contribution in [0.5, 0.6) is 0 Å². The Morgan fingerprint density at radius 3 is 2.62 bits per heavy atom. The van der Waals surface area contributed by atoms with Crippen molar-refractivity contribution in [2.24, 2.45) is 0 Å². The minimum absolute atomic E-state index is 0.362. The average Bonchev–Trinajstić information content (AvgIpc) is 2.06. The first-order chi connectivity index (χ1) is 6.12. The molecular weight excluding hydrogens is 255 g/mol. The van der Waals surface area contributed by atoms with Gasteiger partial charge in [0.25, 0.3) is 0 Å². The van der Waals surface area contributed by atoms with Gasteiger partial charge in [-0.25, -0.2) is 0 Å². The van der Waals surface area contributed by atoms with E-state index >= 15 is 0 Å². The molecule has 1 aliphatic rings. The quantitative estimate of drug-likeness (QED) is 0.842. The van der Waals surface area contributed by atoms with Crippen LogP contribution in [0.1, 0.15) is 5.56 Å². The van der Waals surface area contributed by atoms with Crippen LogP contribution >= 0.6 is 27.5 Å². The van der Waals surface area contributed by atoms with Crippen molar-refractivity contribution in [3.63, 3.8) is 0 Å². The third-order valence-corrected chi connectivity index (χ3v) is 3.35. The van der Waals surface area contributed by atoms with Gasteiger partial charge in [0.2, 0.25) is 0 Å². The Balaban J connectivity index is 2.36. The molecule has 2 rings (SSSR count). The molecule has 1 heterocycles. The molecule has 70 valence electrons. The third-order valence-electron chi connectivity index (χ3n) is 2.14. The van der Waals surface area contributed by atoms with Gasteiger partial charge in [0.1, 0.15) is 5.60 Å². The summed E-state index contributed by atoms with van der Waals surface area (Å²) in [6.45, 7) is 0.724. The third kappa shape index (κ3) is 1.62. The number of halogens is 2. The Kier molecular flexibility index (Phi) is 2.36. The summed E-state index contributed by atoms with van der Waals surface area (Å²) in [4.78, 5) is 0. The summed E-state index contributed by atoms with van der Waals surface area (Å²) < 4.78 is 5.76. The second-order valence-electron chi connectivity index (χ2n) is 3.15. The topological polar surface area (TPSA) is 29.5 Å². The average molecular weight is 264 g/mol. The molecule has 0 aromatic heterocycles. The fourth-order valence-electron chi connectivity index (χ4n) is 1.25. The smallest absolute Gasteiger partial charge is 0.136 e. The molecule has 0 amide bonds. The second-order valence-corrected chi connectivity index (χ2v) is 4.41. The van der Waals surface area contributed by atoms with Gasteiger partial charge in [0, 0.05) is 4.47 Å². The molecular formula is C9H8BrClO2. The number of ether oxygens (including phenoxy) is 1. The zero-order chi connectivity index (χ0) is 9.47. The van der Waals surface area contributed by atoms with Gasteiger partial charge < -0.3 is 9.84 Å². The SMILES string of the molecule is OC1(c2ccc(Cl)c(Br)c2)COC1. The van der Waals surface area contributed by atoms with Crippen molar-refractivity contribution in [2.75, 3.05) is 13.2 Å². The van der Waals surface area contributed by atoms with E-state index in [2.05, 4.69) is 15.9 Å². The van der Waals surface area contributed by atoms with E-state index in [1.54, 1.807) is 6.07 Å². The maximum Gasteiger partial charge on any atom is 0.136 e. The number of benzene rings is 1. The van der Waals surface area contributed by atoms with Gasteiger partial charge in [-0.1, -0.05) is 17.7 Å². The molecule has 1 aromatic rings. The molecule has 0 spiro atoms. The van der Waals surface area contributed by atoms with Gasteiger partial charge >= 0.3 is 0 Å². The molecule has 0 bridgehead atoms. The Bertz CT molecular complexity index is 336. The molecule has 13 heavy (non-hydrogen) atoms. The Morgan fingerprint density at radius 1 is 1.46 bits per heavy atom. The van der Waals surface area contributed by atoms with Crippen molar-refractivity contribution in [2.45, 2.75) is 5.60 Å². The van der Waals surface area contributed by atoms with E-state index in [9.17, 15) is 5.11 Å². The summed E-state index contributed by atoms with van der Waals surface area (Å²) >= 11 is 9.14. The molecule has 0 aliphatic carbocycles. The van der Waals surface area contributed by atoms with Crippen LogP contribution in [0.2, 0.25) is 5.02 Å². The Labute approximate surface area is 89.6 Å². The molecule has 0 saturated carbocycles. The molecule has 1 saturated heterocycles. The van der Waals surface area contributed by atoms with Gasteiger partial charge in [-0.3, -0.25) is 0 Å². The lowest BCUT2D eigenvalue weighted by Crippen LogP contribution is -2.46. The molecule has 1 N–H and O–H groups in total. The van der Waals surface area contributed by atoms with Crippen molar-refractivity contribution < 1.29 is 9.84 Å². The van der Waals surface area contributed by atoms with Crippen molar-refractivity contribution in [1.82, 2.24) is 0 Å². The molecule has 1 aliphatic heterocycles. The summed E-state index contributed by atoms with van der Waals surface area (Å²) in [6.07, 6.45) is 0. The van der Waals surface area contributed by atoms with E-state index < -0.39 is 5.60 Å². The highest BCUT2D eigenvalue weighted by molar-refractivity contribution is 9.10. The Hall–Kier alpha value is -0.0900. The van der Waals surface area contributed by atoms with Gasteiger partial charge in [0.15, 0.2) is 0 Å². The first kappa shape index (κ1) is 9.46. The van der Waals surface area contributed by atoms with E-state index in [1.807, 2.05) is 12.1 Å². The van der Waals surface area contributed by atoms with Crippen LogP contribution in [0.15, 0.2) is 22.7 Å². The number of hydrogen-bond acceptors (Lipinski definition) is 2. The second kappa shape index (κ2) is 3.24. The van der Waals surface area contributed by atoms with E-state index in [4.69, 9.17) is 16.3 Å². The van der Waals surface area contributed by atoms with Crippen molar-refractivity contribution in [3.8, 4) is 0 Å². The summed E-state index contributed by atoms with van der Waals surface area (Å²) in [5, 5.41) is 10.6. The van der Waals surface area contributed by atoms with Gasteiger partial charge in [-0.15, -0.1) is 0 Å². The summed E-state index contributed by atoms with van der Waals surface area (Å²) in [5.74, 6) is 0. The molecule has 4 heteroatoms. The first-order valence-electron chi connectivity index (χ1n) is 3.87. The van der Waals surface area contributed by atoms with E-state index in [-0.39, 0.29) is 0 Å². The van der Waals surface area contributed by atoms with Gasteiger partial charge in [-0.2, -0.15) is 0 Å². The summed E-state index contributed by atoms with van der Waals surface area (Å²) in [5.41, 5.74) is 0.0302. The Morgan fingerprint density at radius 2 is 2.15 bits per heavy atom. The minimum atomic E-state index is -0.812. The normalized spacial score (nSPS) is 19.6. The summed E-state index contributed by atoms with van der Waals surface area (Å²) in [7, 11) is 0. The van der Waals surface area contributed by atoms with E-state index in [0.29, 0.717) is 18.2 Å². The van der Waals surface area contributed by atoms with Crippen molar-refractivity contribution >= 4 is 27.5 Å². The fraction of sp³-hybridized carbons (Fsp3) is 0.333. The predicted octanol–water partition coefficient (Wildman–Crippen LogP) is 2.32. The molecule has 0 atom stereocenters. The van der Waals surface area contributed by atoms with Crippen LogP contribution in [-0.4, -0.2) is 18.3 Å². The molecule has 1 aromatic carbocycles. The van der Waals surface area contributed by atoms with Crippen molar-refractivity contribution in [1.29, 1.82) is 0 Å². The van der Waals surface area contributed by atoms with Crippen LogP contribution in [0.4, 0.5) is 0 Å². The molecule has 0 unspecified atom stereocenters. The zero-order valence-corrected chi connectivity index (χ0v) is 9.10. The minimum Gasteiger partial charge on any atom is -0.380 e. The lowest BCUT2D eigenvalue weighted by Gasteiger charge is -2.36. The largest absolute Gasteiger partial charge is 0.380 e. The maximum absolute atomic E-state index is 9.91. The summed E-state index contributed by atoms with van der Waals surface area (Å²) in [6, 6.07) is 5.40. The predicted molar refractivity (Wildman–Crippen MR) is 53.9 cm³/mol. The number of hydrogen-bond donors (Lipinski definition) is 1. The standard InChI is InChI=1S/C9H8BrClO2/c10-7-3-6(1-2-8(7)11)9(12)4-13-5-9/h1-3,12H,4-5H2. The first-order valence-corrected chi connectivity index (χ1v) is 5.05. The van der Waals surface area contributed by atoms with Gasteiger partial charge in [0.05, 0.1) is 18.2 Å². The maximum atomic E-state index is 9.91. The highest BCUT2D eigenvalue weighted by Gasteiger charge is 2.38. The molecule has 1 fully saturated rings. The van der Waals surface area contributed by atoms with Crippen LogP contribution in [0, 0.1) is 0 Å². The molecule has 0 radical (unpaired) electrons. The van der Waals surface area contributed by atoms with E-state index in [0.717, 1.165) is 10.0 Å². The lowest BCUT2D eigenvalue weighted by molar-refractivity contribution is -0.184. The van der Waals surface area contributed by atoms with Crippen LogP contribution < -0.4 is 0 Å². The highest BCUT2D eigenvalue weighted by atomic mass is 79.9. The monoisotopic (exact) mass is 262 g/mol. The number of rotatable bonds is 1. The van der Waals surface area contributed by atoms with E-state index in [1.165, 1.54) is 0 Å². The van der Waals surface area contributed by atoms with Gasteiger partial charge in [-0.05, 0) is 33.6 Å². The zero-order valence-electron chi connectivity index (χ0n) is 6.76.